The highest BCUT2D eigenvalue weighted by Crippen LogP contribution is 2.24. The van der Waals surface area contributed by atoms with Gasteiger partial charge in [-0.2, -0.15) is 5.26 Å². The van der Waals surface area contributed by atoms with Gasteiger partial charge in [0.2, 0.25) is 0 Å². The summed E-state index contributed by atoms with van der Waals surface area (Å²) in [5.41, 5.74) is 3.21. The summed E-state index contributed by atoms with van der Waals surface area (Å²) in [5.74, 6) is 0.0234. The Hall–Kier alpha value is -2.14. The molecule has 0 heterocycles. The largest absolute Gasteiger partial charge is 0.207 e. The molecule has 90 valence electrons. The van der Waals surface area contributed by atoms with Gasteiger partial charge in [0.05, 0.1) is 6.07 Å². The summed E-state index contributed by atoms with van der Waals surface area (Å²) in [6.45, 7) is 2.04. The van der Waals surface area contributed by atoms with Crippen molar-refractivity contribution in [2.45, 2.75) is 19.3 Å². The van der Waals surface area contributed by atoms with Gasteiger partial charge in [0.25, 0.3) is 0 Å². The van der Waals surface area contributed by atoms with Crippen molar-refractivity contribution in [3.63, 3.8) is 0 Å². The molecule has 0 N–H and O–H groups in total. The van der Waals surface area contributed by atoms with Crippen LogP contribution >= 0.6 is 0 Å². The normalized spacial score (nSPS) is 11.8. The third kappa shape index (κ3) is 2.75. The molecule has 18 heavy (non-hydrogen) atoms. The number of rotatable bonds is 3. The summed E-state index contributed by atoms with van der Waals surface area (Å²) in [7, 11) is 0. The van der Waals surface area contributed by atoms with E-state index in [4.69, 9.17) is 5.26 Å². The Morgan fingerprint density at radius 1 is 1.00 bits per heavy atom. The molecule has 1 atom stereocenters. The molecule has 1 nitrogen and oxygen atoms in total. The van der Waals surface area contributed by atoms with Gasteiger partial charge in [0, 0.05) is 6.42 Å². The SMILES string of the molecule is CC(CC#N)c1ccc(-c2ccc(F)cc2)cc1. The van der Waals surface area contributed by atoms with Gasteiger partial charge in [-0.05, 0) is 34.7 Å². The van der Waals surface area contributed by atoms with E-state index in [1.807, 2.05) is 31.2 Å². The molecule has 2 rings (SSSR count). The molecular weight excluding hydrogens is 225 g/mol. The summed E-state index contributed by atoms with van der Waals surface area (Å²) in [6.07, 6.45) is 0.524. The maximum Gasteiger partial charge on any atom is 0.123 e. The second-order valence-electron chi connectivity index (χ2n) is 4.39. The van der Waals surface area contributed by atoms with Crippen LogP contribution < -0.4 is 0 Å². The van der Waals surface area contributed by atoms with E-state index in [-0.39, 0.29) is 11.7 Å². The Bertz CT molecular complexity index is 549. The summed E-state index contributed by atoms with van der Waals surface area (Å²) < 4.78 is 12.8. The van der Waals surface area contributed by atoms with Crippen molar-refractivity contribution in [3.8, 4) is 17.2 Å². The Labute approximate surface area is 107 Å². The van der Waals surface area contributed by atoms with Crippen LogP contribution in [0.25, 0.3) is 11.1 Å². The lowest BCUT2D eigenvalue weighted by molar-refractivity contribution is 0.628. The monoisotopic (exact) mass is 239 g/mol. The second kappa shape index (κ2) is 5.46. The van der Waals surface area contributed by atoms with Gasteiger partial charge in [-0.25, -0.2) is 4.39 Å². The predicted octanol–water partition coefficient (Wildman–Crippen LogP) is 4.51. The predicted molar refractivity (Wildman–Crippen MR) is 70.5 cm³/mol. The van der Waals surface area contributed by atoms with Gasteiger partial charge in [-0.3, -0.25) is 0 Å². The first kappa shape index (κ1) is 12.3. The number of benzene rings is 2. The first-order valence-electron chi connectivity index (χ1n) is 5.93. The van der Waals surface area contributed by atoms with Gasteiger partial charge >= 0.3 is 0 Å². The van der Waals surface area contributed by atoms with E-state index in [2.05, 4.69) is 6.07 Å². The molecule has 0 bridgehead atoms. The van der Waals surface area contributed by atoms with Crippen LogP contribution in [0.2, 0.25) is 0 Å². The van der Waals surface area contributed by atoms with Crippen molar-refractivity contribution in [2.75, 3.05) is 0 Å². The van der Waals surface area contributed by atoms with Crippen molar-refractivity contribution >= 4 is 0 Å². The lowest BCUT2D eigenvalue weighted by Gasteiger charge is -2.08. The first-order chi connectivity index (χ1) is 8.70. The van der Waals surface area contributed by atoms with E-state index in [1.54, 1.807) is 12.1 Å². The van der Waals surface area contributed by atoms with Crippen molar-refractivity contribution in [2.24, 2.45) is 0 Å². The highest BCUT2D eigenvalue weighted by molar-refractivity contribution is 5.63. The van der Waals surface area contributed by atoms with Gasteiger partial charge in [0.1, 0.15) is 5.82 Å². The van der Waals surface area contributed by atoms with E-state index in [1.165, 1.54) is 12.1 Å². The Morgan fingerprint density at radius 3 is 2.00 bits per heavy atom. The summed E-state index contributed by atoms with van der Waals surface area (Å²) in [6, 6.07) is 16.7. The zero-order valence-corrected chi connectivity index (χ0v) is 10.2. The lowest BCUT2D eigenvalue weighted by Crippen LogP contribution is -1.91. The van der Waals surface area contributed by atoms with Crippen molar-refractivity contribution in [3.05, 3.63) is 59.9 Å². The van der Waals surface area contributed by atoms with Gasteiger partial charge < -0.3 is 0 Å². The second-order valence-corrected chi connectivity index (χ2v) is 4.39. The minimum Gasteiger partial charge on any atom is -0.207 e. The Balaban J connectivity index is 2.22. The van der Waals surface area contributed by atoms with E-state index in [9.17, 15) is 4.39 Å². The number of hydrogen-bond donors (Lipinski definition) is 0. The molecule has 2 aromatic carbocycles. The fourth-order valence-electron chi connectivity index (χ4n) is 1.90. The Morgan fingerprint density at radius 2 is 1.50 bits per heavy atom. The zero-order valence-electron chi connectivity index (χ0n) is 10.2. The topological polar surface area (TPSA) is 23.8 Å². The average molecular weight is 239 g/mol. The Kier molecular flexibility index (Phi) is 3.74. The summed E-state index contributed by atoms with van der Waals surface area (Å²) in [4.78, 5) is 0. The van der Waals surface area contributed by atoms with E-state index >= 15 is 0 Å². The molecule has 0 aromatic heterocycles. The highest BCUT2D eigenvalue weighted by atomic mass is 19.1. The zero-order chi connectivity index (χ0) is 13.0. The molecule has 2 heteroatoms. The minimum atomic E-state index is -0.224. The first-order valence-corrected chi connectivity index (χ1v) is 5.93. The van der Waals surface area contributed by atoms with Crippen LogP contribution in [-0.2, 0) is 0 Å². The third-order valence-corrected chi connectivity index (χ3v) is 3.05. The number of nitriles is 1. The van der Waals surface area contributed by atoms with Gasteiger partial charge in [-0.1, -0.05) is 43.3 Å². The third-order valence-electron chi connectivity index (χ3n) is 3.05. The smallest absolute Gasteiger partial charge is 0.123 e. The van der Waals surface area contributed by atoms with E-state index < -0.39 is 0 Å². The summed E-state index contributed by atoms with van der Waals surface area (Å²) >= 11 is 0. The van der Waals surface area contributed by atoms with Crippen LogP contribution in [0.3, 0.4) is 0 Å². The minimum absolute atomic E-state index is 0.224. The number of hydrogen-bond acceptors (Lipinski definition) is 1. The highest BCUT2D eigenvalue weighted by Gasteiger charge is 2.05. The fraction of sp³-hybridized carbons (Fsp3) is 0.188. The van der Waals surface area contributed by atoms with Crippen LogP contribution in [-0.4, -0.2) is 0 Å². The molecule has 0 fully saturated rings. The maximum atomic E-state index is 12.8. The van der Waals surface area contributed by atoms with Crippen LogP contribution in [0.1, 0.15) is 24.8 Å². The average Bonchev–Trinajstić information content (AvgIpc) is 2.40. The fourth-order valence-corrected chi connectivity index (χ4v) is 1.90. The summed E-state index contributed by atoms with van der Waals surface area (Å²) in [5, 5.41) is 8.67. The molecule has 0 aliphatic heterocycles. The number of nitrogens with zero attached hydrogens (tertiary/aromatic N) is 1. The standard InChI is InChI=1S/C16H14FN/c1-12(10-11-18)13-2-4-14(5-3-13)15-6-8-16(17)9-7-15/h2-9,12H,10H2,1H3. The van der Waals surface area contributed by atoms with E-state index in [0.29, 0.717) is 6.42 Å². The molecule has 0 saturated heterocycles. The maximum absolute atomic E-state index is 12.8. The molecule has 2 aromatic rings. The van der Waals surface area contributed by atoms with Crippen LogP contribution in [0.5, 0.6) is 0 Å². The quantitative estimate of drug-likeness (QED) is 0.773. The van der Waals surface area contributed by atoms with Gasteiger partial charge in [-0.15, -0.1) is 0 Å². The van der Waals surface area contributed by atoms with Crippen molar-refractivity contribution in [1.82, 2.24) is 0 Å². The molecule has 0 aliphatic rings. The van der Waals surface area contributed by atoms with Crippen LogP contribution in [0.4, 0.5) is 4.39 Å². The number of halogens is 1. The molecule has 0 spiro atoms. The molecule has 1 unspecified atom stereocenters. The van der Waals surface area contributed by atoms with E-state index in [0.717, 1.165) is 16.7 Å². The van der Waals surface area contributed by atoms with Crippen molar-refractivity contribution < 1.29 is 4.39 Å². The molecule has 0 amide bonds. The van der Waals surface area contributed by atoms with Crippen LogP contribution in [0, 0.1) is 17.1 Å². The molecular formula is C16H14FN. The van der Waals surface area contributed by atoms with Crippen LogP contribution in [0.15, 0.2) is 48.5 Å². The molecule has 0 radical (unpaired) electrons. The van der Waals surface area contributed by atoms with Crippen molar-refractivity contribution in [1.29, 1.82) is 5.26 Å². The lowest BCUT2D eigenvalue weighted by atomic mass is 9.96. The molecule has 0 saturated carbocycles. The molecule has 0 aliphatic carbocycles. The van der Waals surface area contributed by atoms with Gasteiger partial charge in [0.15, 0.2) is 0 Å².